The van der Waals surface area contributed by atoms with Gasteiger partial charge in [-0.3, -0.25) is 9.69 Å². The third-order valence-corrected chi connectivity index (χ3v) is 8.36. The number of para-hydroxylation sites is 2. The Morgan fingerprint density at radius 1 is 0.886 bits per heavy atom. The molecule has 1 saturated carbocycles. The van der Waals surface area contributed by atoms with Crippen LogP contribution >= 0.6 is 0 Å². The number of anilines is 2. The summed E-state index contributed by atoms with van der Waals surface area (Å²) in [7, 11) is 0. The van der Waals surface area contributed by atoms with Gasteiger partial charge >= 0.3 is 0 Å². The number of nitrogens with zero attached hydrogens (tertiary/aromatic N) is 2. The average Bonchev–Trinajstić information content (AvgIpc) is 2.94. The number of rotatable bonds is 5. The molecular formula is C29H37N3O3. The third-order valence-electron chi connectivity index (χ3n) is 8.36. The van der Waals surface area contributed by atoms with E-state index in [2.05, 4.69) is 45.4 Å². The van der Waals surface area contributed by atoms with Crippen molar-refractivity contribution in [1.82, 2.24) is 4.90 Å². The molecule has 2 atom stereocenters. The zero-order chi connectivity index (χ0) is 23.6. The van der Waals surface area contributed by atoms with Gasteiger partial charge in [0.05, 0.1) is 11.7 Å². The SMILES string of the molecule is O=C(C1CCCCC1)C(C1CCc2ccccc2N1)N1CCN(c2cccc3c2OCCO3)CC1. The Morgan fingerprint density at radius 2 is 1.69 bits per heavy atom. The Labute approximate surface area is 208 Å². The van der Waals surface area contributed by atoms with Crippen LogP contribution in [0.5, 0.6) is 11.5 Å². The molecule has 1 aliphatic carbocycles. The van der Waals surface area contributed by atoms with Gasteiger partial charge in [-0.25, -0.2) is 0 Å². The molecule has 6 heteroatoms. The van der Waals surface area contributed by atoms with Crippen molar-refractivity contribution in [2.45, 2.75) is 57.0 Å². The van der Waals surface area contributed by atoms with Gasteiger partial charge in [0.25, 0.3) is 0 Å². The summed E-state index contributed by atoms with van der Waals surface area (Å²) in [5.41, 5.74) is 3.69. The van der Waals surface area contributed by atoms with Crippen LogP contribution in [-0.2, 0) is 11.2 Å². The number of benzene rings is 2. The van der Waals surface area contributed by atoms with Crippen LogP contribution in [0.1, 0.15) is 44.1 Å². The third kappa shape index (κ3) is 4.61. The van der Waals surface area contributed by atoms with Crippen LogP contribution in [0.4, 0.5) is 11.4 Å². The van der Waals surface area contributed by atoms with Crippen LogP contribution in [0, 0.1) is 5.92 Å². The molecule has 6 nitrogen and oxygen atoms in total. The van der Waals surface area contributed by atoms with Gasteiger partial charge in [-0.1, -0.05) is 43.5 Å². The van der Waals surface area contributed by atoms with Crippen molar-refractivity contribution < 1.29 is 14.3 Å². The molecule has 0 radical (unpaired) electrons. The topological polar surface area (TPSA) is 54.0 Å². The molecule has 3 heterocycles. The van der Waals surface area contributed by atoms with Crippen molar-refractivity contribution in [3.8, 4) is 11.5 Å². The first-order chi connectivity index (χ1) is 17.3. The molecule has 186 valence electrons. The zero-order valence-electron chi connectivity index (χ0n) is 20.6. The highest BCUT2D eigenvalue weighted by atomic mass is 16.6. The van der Waals surface area contributed by atoms with Crippen LogP contribution in [-0.4, -0.2) is 62.2 Å². The van der Waals surface area contributed by atoms with Gasteiger partial charge in [-0.15, -0.1) is 0 Å². The summed E-state index contributed by atoms with van der Waals surface area (Å²) in [5, 5.41) is 3.79. The summed E-state index contributed by atoms with van der Waals surface area (Å²) in [5.74, 6) is 2.40. The molecule has 0 spiro atoms. The van der Waals surface area contributed by atoms with E-state index in [0.717, 1.165) is 69.0 Å². The molecule has 3 aliphatic heterocycles. The van der Waals surface area contributed by atoms with Crippen LogP contribution in [0.25, 0.3) is 0 Å². The molecule has 0 amide bonds. The number of hydrogen-bond donors (Lipinski definition) is 1. The number of ether oxygens (including phenoxy) is 2. The maximum Gasteiger partial charge on any atom is 0.184 e. The number of nitrogens with one attached hydrogen (secondary N) is 1. The predicted octanol–water partition coefficient (Wildman–Crippen LogP) is 4.52. The quantitative estimate of drug-likeness (QED) is 0.686. The van der Waals surface area contributed by atoms with E-state index in [4.69, 9.17) is 9.47 Å². The van der Waals surface area contributed by atoms with E-state index in [1.54, 1.807) is 0 Å². The van der Waals surface area contributed by atoms with Gasteiger partial charge in [-0.2, -0.15) is 0 Å². The highest BCUT2D eigenvalue weighted by molar-refractivity contribution is 5.88. The van der Waals surface area contributed by atoms with E-state index in [1.807, 2.05) is 12.1 Å². The molecule has 0 aromatic heterocycles. The van der Waals surface area contributed by atoms with E-state index in [-0.39, 0.29) is 18.0 Å². The summed E-state index contributed by atoms with van der Waals surface area (Å²) in [6.07, 6.45) is 7.83. The van der Waals surface area contributed by atoms with Crippen molar-refractivity contribution in [3.05, 3.63) is 48.0 Å². The molecule has 2 aromatic carbocycles. The fourth-order valence-electron chi connectivity index (χ4n) is 6.51. The summed E-state index contributed by atoms with van der Waals surface area (Å²) in [4.78, 5) is 18.9. The van der Waals surface area contributed by atoms with Crippen molar-refractivity contribution in [2.24, 2.45) is 5.92 Å². The van der Waals surface area contributed by atoms with Gasteiger partial charge in [-0.05, 0) is 49.4 Å². The lowest BCUT2D eigenvalue weighted by atomic mass is 9.80. The highest BCUT2D eigenvalue weighted by Crippen LogP contribution is 2.40. The van der Waals surface area contributed by atoms with Gasteiger partial charge < -0.3 is 19.7 Å². The van der Waals surface area contributed by atoms with Crippen LogP contribution < -0.4 is 19.7 Å². The maximum absolute atomic E-state index is 14.0. The molecule has 2 unspecified atom stereocenters. The maximum atomic E-state index is 14.0. The molecular weight excluding hydrogens is 438 g/mol. The number of carbonyl (C=O) groups is 1. The molecule has 2 fully saturated rings. The minimum Gasteiger partial charge on any atom is -0.486 e. The predicted molar refractivity (Wildman–Crippen MR) is 139 cm³/mol. The number of ketones is 1. The van der Waals surface area contributed by atoms with Crippen LogP contribution in [0.2, 0.25) is 0 Å². The molecule has 1 N–H and O–H groups in total. The average molecular weight is 476 g/mol. The van der Waals surface area contributed by atoms with E-state index in [0.29, 0.717) is 19.0 Å². The first-order valence-electron chi connectivity index (χ1n) is 13.5. The normalized spacial score (nSPS) is 23.8. The minimum atomic E-state index is -0.0575. The number of Topliss-reactive ketones (excluding diaryl/α,β-unsaturated/α-hetero) is 1. The van der Waals surface area contributed by atoms with E-state index < -0.39 is 0 Å². The Bertz CT molecular complexity index is 1040. The van der Waals surface area contributed by atoms with Gasteiger partial charge in [0.1, 0.15) is 13.2 Å². The molecule has 1 saturated heterocycles. The minimum absolute atomic E-state index is 0.0575. The standard InChI is InChI=1S/C29H37N3O3/c33-28(22-8-2-1-3-9-22)27(24-14-13-21-7-4-5-10-23(21)30-24)32-17-15-31(16-18-32)25-11-6-12-26-29(25)35-20-19-34-26/h4-7,10-12,22,24,27,30H,1-3,8-9,13-20H2. The Morgan fingerprint density at radius 3 is 2.54 bits per heavy atom. The summed E-state index contributed by atoms with van der Waals surface area (Å²) in [6, 6.07) is 14.9. The second-order valence-corrected chi connectivity index (χ2v) is 10.5. The van der Waals surface area contributed by atoms with E-state index in [9.17, 15) is 4.79 Å². The molecule has 2 aromatic rings. The second kappa shape index (κ2) is 10.1. The number of hydrogen-bond acceptors (Lipinski definition) is 6. The number of aryl methyl sites for hydroxylation is 1. The molecule has 35 heavy (non-hydrogen) atoms. The number of piperazine rings is 1. The fraction of sp³-hybridized carbons (Fsp3) is 0.552. The fourth-order valence-corrected chi connectivity index (χ4v) is 6.51. The van der Waals surface area contributed by atoms with E-state index in [1.165, 1.54) is 30.5 Å². The van der Waals surface area contributed by atoms with Crippen LogP contribution in [0.15, 0.2) is 42.5 Å². The summed E-state index contributed by atoms with van der Waals surface area (Å²) >= 11 is 0. The Kier molecular flexibility index (Phi) is 6.55. The summed E-state index contributed by atoms with van der Waals surface area (Å²) in [6.45, 7) is 4.74. The van der Waals surface area contributed by atoms with Crippen molar-refractivity contribution in [2.75, 3.05) is 49.6 Å². The van der Waals surface area contributed by atoms with Gasteiger partial charge in [0, 0.05) is 43.8 Å². The lowest BCUT2D eigenvalue weighted by molar-refractivity contribution is -0.130. The Balaban J connectivity index is 1.21. The zero-order valence-corrected chi connectivity index (χ0v) is 20.6. The Hall–Kier alpha value is -2.73. The van der Waals surface area contributed by atoms with Crippen molar-refractivity contribution in [3.63, 3.8) is 0 Å². The second-order valence-electron chi connectivity index (χ2n) is 10.5. The first kappa shape index (κ1) is 22.7. The first-order valence-corrected chi connectivity index (χ1v) is 13.5. The summed E-state index contributed by atoms with van der Waals surface area (Å²) < 4.78 is 11.8. The van der Waals surface area contributed by atoms with Crippen LogP contribution in [0.3, 0.4) is 0 Å². The van der Waals surface area contributed by atoms with Gasteiger partial charge in [0.15, 0.2) is 17.3 Å². The molecule has 0 bridgehead atoms. The molecule has 4 aliphatic rings. The monoisotopic (exact) mass is 475 g/mol. The number of carbonyl (C=O) groups excluding carboxylic acids is 1. The highest BCUT2D eigenvalue weighted by Gasteiger charge is 2.40. The van der Waals surface area contributed by atoms with Crippen molar-refractivity contribution >= 4 is 17.2 Å². The van der Waals surface area contributed by atoms with Crippen molar-refractivity contribution in [1.29, 1.82) is 0 Å². The lowest BCUT2D eigenvalue weighted by Crippen LogP contribution is -2.60. The van der Waals surface area contributed by atoms with E-state index >= 15 is 0 Å². The van der Waals surface area contributed by atoms with Gasteiger partial charge in [0.2, 0.25) is 0 Å². The number of fused-ring (bicyclic) bond motifs is 2. The smallest absolute Gasteiger partial charge is 0.184 e. The largest absolute Gasteiger partial charge is 0.486 e. The molecule has 6 rings (SSSR count). The lowest BCUT2D eigenvalue weighted by Gasteiger charge is -2.45.